The number of aromatic nitrogens is 1. The maximum absolute atomic E-state index is 13.4. The number of carbonyl (C=O) groups is 1. The summed E-state index contributed by atoms with van der Waals surface area (Å²) in [6.45, 7) is 2.40. The number of halogens is 1. The summed E-state index contributed by atoms with van der Waals surface area (Å²) >= 11 is 0. The van der Waals surface area contributed by atoms with Gasteiger partial charge in [-0.2, -0.15) is 0 Å². The molecule has 0 radical (unpaired) electrons. The number of pyridine rings is 1. The molecule has 1 fully saturated rings. The summed E-state index contributed by atoms with van der Waals surface area (Å²) < 4.78 is 13.4. The van der Waals surface area contributed by atoms with Crippen LogP contribution in [0.3, 0.4) is 0 Å². The summed E-state index contributed by atoms with van der Waals surface area (Å²) in [5.74, 6) is -0.0251. The first-order valence-corrected chi connectivity index (χ1v) is 6.36. The molecule has 19 heavy (non-hydrogen) atoms. The fourth-order valence-corrected chi connectivity index (χ4v) is 2.35. The van der Waals surface area contributed by atoms with Gasteiger partial charge in [-0.3, -0.25) is 4.98 Å². The van der Waals surface area contributed by atoms with E-state index in [0.29, 0.717) is 5.92 Å². The molecular formula is C13H19FN4O. The van der Waals surface area contributed by atoms with Gasteiger partial charge < -0.3 is 15.1 Å². The third-order valence-corrected chi connectivity index (χ3v) is 3.21. The smallest absolute Gasteiger partial charge is 0.321 e. The number of rotatable bonds is 3. The Kier molecular flexibility index (Phi) is 4.31. The molecule has 1 aliphatic heterocycles. The van der Waals surface area contributed by atoms with Gasteiger partial charge in [0.2, 0.25) is 0 Å². The van der Waals surface area contributed by atoms with Gasteiger partial charge in [0.1, 0.15) is 0 Å². The molecule has 1 N–H and O–H groups in total. The number of amides is 2. The van der Waals surface area contributed by atoms with Crippen molar-refractivity contribution < 1.29 is 9.18 Å². The summed E-state index contributed by atoms with van der Waals surface area (Å²) in [4.78, 5) is 19.5. The molecule has 0 spiro atoms. The highest BCUT2D eigenvalue weighted by molar-refractivity contribution is 5.89. The zero-order valence-corrected chi connectivity index (χ0v) is 11.3. The maximum Gasteiger partial charge on any atom is 0.321 e. The van der Waals surface area contributed by atoms with E-state index in [-0.39, 0.29) is 11.7 Å². The Balaban J connectivity index is 1.90. The van der Waals surface area contributed by atoms with E-state index in [0.717, 1.165) is 32.3 Å². The molecule has 0 aliphatic carbocycles. The average Bonchev–Trinajstić information content (AvgIpc) is 2.79. The largest absolute Gasteiger partial charge is 0.324 e. The molecule has 0 bridgehead atoms. The minimum absolute atomic E-state index is 0.177. The van der Waals surface area contributed by atoms with Crippen LogP contribution in [-0.2, 0) is 0 Å². The van der Waals surface area contributed by atoms with Crippen LogP contribution in [0.25, 0.3) is 0 Å². The van der Waals surface area contributed by atoms with Crippen molar-refractivity contribution in [3.63, 3.8) is 0 Å². The van der Waals surface area contributed by atoms with Crippen LogP contribution in [0.2, 0.25) is 0 Å². The maximum atomic E-state index is 13.4. The second-order valence-electron chi connectivity index (χ2n) is 5.15. The van der Waals surface area contributed by atoms with Gasteiger partial charge in [-0.25, -0.2) is 9.18 Å². The Morgan fingerprint density at radius 1 is 1.63 bits per heavy atom. The summed E-state index contributed by atoms with van der Waals surface area (Å²) in [5, 5.41) is 2.58. The molecule has 2 rings (SSSR count). The normalized spacial score (nSPS) is 18.9. The lowest BCUT2D eigenvalue weighted by atomic mass is 10.1. The molecule has 0 aromatic carbocycles. The molecule has 0 saturated carbocycles. The Labute approximate surface area is 112 Å². The molecule has 1 atom stereocenters. The van der Waals surface area contributed by atoms with Crippen LogP contribution in [0.4, 0.5) is 14.9 Å². The van der Waals surface area contributed by atoms with Crippen LogP contribution in [0, 0.1) is 11.7 Å². The van der Waals surface area contributed by atoms with Crippen LogP contribution < -0.4 is 5.32 Å². The number of anilines is 1. The summed E-state index contributed by atoms with van der Waals surface area (Å²) in [6, 6.07) is 1.21. The van der Waals surface area contributed by atoms with Crippen molar-refractivity contribution in [1.82, 2.24) is 14.8 Å². The van der Waals surface area contributed by atoms with Crippen LogP contribution in [-0.4, -0.2) is 54.5 Å². The standard InChI is InChI=1S/C13H19FN4O/c1-17(2)8-10-4-6-18(9-10)13(19)16-12-3-5-15-7-11(12)14/h3,5,7,10H,4,6,8-9H2,1-2H3,(H,15,16,19). The van der Waals surface area contributed by atoms with E-state index < -0.39 is 5.82 Å². The first-order chi connectivity index (χ1) is 9.06. The van der Waals surface area contributed by atoms with Gasteiger partial charge in [0.15, 0.2) is 5.82 Å². The minimum Gasteiger partial charge on any atom is -0.324 e. The van der Waals surface area contributed by atoms with Gasteiger partial charge in [-0.15, -0.1) is 0 Å². The lowest BCUT2D eigenvalue weighted by Crippen LogP contribution is -2.34. The second kappa shape index (κ2) is 5.97. The molecule has 2 heterocycles. The molecule has 1 unspecified atom stereocenters. The summed E-state index contributed by atoms with van der Waals surface area (Å²) in [6.07, 6.45) is 3.54. The minimum atomic E-state index is -0.514. The highest BCUT2D eigenvalue weighted by atomic mass is 19.1. The second-order valence-corrected chi connectivity index (χ2v) is 5.15. The van der Waals surface area contributed by atoms with Gasteiger partial charge in [-0.1, -0.05) is 0 Å². The third kappa shape index (κ3) is 3.64. The highest BCUT2D eigenvalue weighted by Gasteiger charge is 2.26. The third-order valence-electron chi connectivity index (χ3n) is 3.21. The van der Waals surface area contributed by atoms with E-state index in [2.05, 4.69) is 15.2 Å². The van der Waals surface area contributed by atoms with E-state index in [1.165, 1.54) is 12.3 Å². The van der Waals surface area contributed by atoms with Crippen molar-refractivity contribution >= 4 is 11.7 Å². The predicted octanol–water partition coefficient (Wildman–Crippen LogP) is 1.64. The average molecular weight is 266 g/mol. The van der Waals surface area contributed by atoms with Gasteiger partial charge in [0.05, 0.1) is 11.9 Å². The molecule has 1 aromatic rings. The number of nitrogens with zero attached hydrogens (tertiary/aromatic N) is 3. The Hall–Kier alpha value is -1.69. The van der Waals surface area contributed by atoms with Gasteiger partial charge in [-0.05, 0) is 32.5 Å². The molecular weight excluding hydrogens is 247 g/mol. The van der Waals surface area contributed by atoms with Crippen molar-refractivity contribution in [2.75, 3.05) is 39.0 Å². The molecule has 1 aliphatic rings. The van der Waals surface area contributed by atoms with E-state index >= 15 is 0 Å². The van der Waals surface area contributed by atoms with Gasteiger partial charge in [0, 0.05) is 25.8 Å². The predicted molar refractivity (Wildman–Crippen MR) is 71.4 cm³/mol. The van der Waals surface area contributed by atoms with Crippen molar-refractivity contribution in [3.8, 4) is 0 Å². The molecule has 104 valence electrons. The molecule has 2 amide bonds. The van der Waals surface area contributed by atoms with Gasteiger partial charge >= 0.3 is 6.03 Å². The van der Waals surface area contributed by atoms with Crippen molar-refractivity contribution in [3.05, 3.63) is 24.3 Å². The Morgan fingerprint density at radius 2 is 2.42 bits per heavy atom. The van der Waals surface area contributed by atoms with Gasteiger partial charge in [0.25, 0.3) is 0 Å². The zero-order valence-electron chi connectivity index (χ0n) is 11.3. The fraction of sp³-hybridized carbons (Fsp3) is 0.538. The van der Waals surface area contributed by atoms with E-state index in [1.807, 2.05) is 14.1 Å². The van der Waals surface area contributed by atoms with Crippen LogP contribution in [0.15, 0.2) is 18.5 Å². The molecule has 1 saturated heterocycles. The lowest BCUT2D eigenvalue weighted by molar-refractivity contribution is 0.219. The Morgan fingerprint density at radius 3 is 3.11 bits per heavy atom. The quantitative estimate of drug-likeness (QED) is 0.904. The van der Waals surface area contributed by atoms with Crippen LogP contribution >= 0.6 is 0 Å². The zero-order chi connectivity index (χ0) is 13.8. The van der Waals surface area contributed by atoms with Crippen LogP contribution in [0.1, 0.15) is 6.42 Å². The number of nitrogens with one attached hydrogen (secondary N) is 1. The SMILES string of the molecule is CN(C)CC1CCN(C(=O)Nc2ccncc2F)C1. The summed E-state index contributed by atoms with van der Waals surface area (Å²) in [7, 11) is 4.05. The van der Waals surface area contributed by atoms with E-state index in [9.17, 15) is 9.18 Å². The van der Waals surface area contributed by atoms with Crippen molar-refractivity contribution in [1.29, 1.82) is 0 Å². The highest BCUT2D eigenvalue weighted by Crippen LogP contribution is 2.19. The van der Waals surface area contributed by atoms with Crippen molar-refractivity contribution in [2.45, 2.75) is 6.42 Å². The summed E-state index contributed by atoms with van der Waals surface area (Å²) in [5.41, 5.74) is 0.177. The fourth-order valence-electron chi connectivity index (χ4n) is 2.35. The number of urea groups is 1. The van der Waals surface area contributed by atoms with Crippen molar-refractivity contribution in [2.24, 2.45) is 5.92 Å². The van der Waals surface area contributed by atoms with Crippen LogP contribution in [0.5, 0.6) is 0 Å². The number of hydrogen-bond acceptors (Lipinski definition) is 3. The monoisotopic (exact) mass is 266 g/mol. The lowest BCUT2D eigenvalue weighted by Gasteiger charge is -2.19. The Bertz CT molecular complexity index is 452. The first-order valence-electron chi connectivity index (χ1n) is 6.36. The topological polar surface area (TPSA) is 48.5 Å². The number of hydrogen-bond donors (Lipinski definition) is 1. The number of likely N-dealkylation sites (tertiary alicyclic amines) is 1. The first kappa shape index (κ1) is 13.7. The molecule has 1 aromatic heterocycles. The van der Waals surface area contributed by atoms with E-state index in [4.69, 9.17) is 0 Å². The number of carbonyl (C=O) groups excluding carboxylic acids is 1. The molecule has 5 nitrogen and oxygen atoms in total. The molecule has 6 heteroatoms. The van der Waals surface area contributed by atoms with E-state index in [1.54, 1.807) is 4.90 Å².